The first kappa shape index (κ1) is 46.9. The second-order valence-electron chi connectivity index (χ2n) is 17.7. The maximum Gasteiger partial charge on any atom is 0.335 e. The molecule has 0 bridgehead atoms. The minimum atomic E-state index is -0.864. The van der Waals surface area contributed by atoms with E-state index >= 15 is 0 Å². The van der Waals surface area contributed by atoms with E-state index in [2.05, 4.69) is 67.2 Å². The summed E-state index contributed by atoms with van der Waals surface area (Å²) in [7, 11) is 0. The van der Waals surface area contributed by atoms with Crippen molar-refractivity contribution in [2.45, 2.75) is 105 Å². The lowest BCUT2D eigenvalue weighted by atomic mass is 10.1. The third-order valence-corrected chi connectivity index (χ3v) is 12.9. The Balaban J connectivity index is 0.000000249. The summed E-state index contributed by atoms with van der Waals surface area (Å²) in [6.45, 7) is 17.2. The van der Waals surface area contributed by atoms with Crippen LogP contribution in [0.1, 0.15) is 103 Å². The zero-order valence-electron chi connectivity index (χ0n) is 38.7. The van der Waals surface area contributed by atoms with E-state index in [4.69, 9.17) is 9.84 Å². The number of aromatic nitrogens is 2. The first-order valence-corrected chi connectivity index (χ1v) is 23.7. The molecule has 2 aromatic heterocycles. The maximum atomic E-state index is 13.1. The summed E-state index contributed by atoms with van der Waals surface area (Å²) < 4.78 is 10.6. The van der Waals surface area contributed by atoms with Crippen molar-refractivity contribution in [3.05, 3.63) is 120 Å². The van der Waals surface area contributed by atoms with Crippen molar-refractivity contribution in [3.63, 3.8) is 0 Å². The Bertz CT molecular complexity index is 2530. The number of rotatable bonds is 16. The van der Waals surface area contributed by atoms with Gasteiger partial charge < -0.3 is 44.7 Å². The molecule has 2 aliphatic rings. The van der Waals surface area contributed by atoms with E-state index in [0.29, 0.717) is 34.0 Å². The Morgan fingerprint density at radius 1 is 0.646 bits per heavy atom. The SMILES string of the molecule is CCC(CC)NC(=O)Nc1ccc(Oc2ccc(NC(=O)c3ccc4c(ccn4CCCN4CCCCC4)c3)cc2C)cc1.Cc1cn(CCN2CCCCC2)c2ccc(C(=O)O)cc12. The highest BCUT2D eigenvalue weighted by atomic mass is 16.5. The summed E-state index contributed by atoms with van der Waals surface area (Å²) in [5, 5.41) is 20.1. The van der Waals surface area contributed by atoms with Crippen molar-refractivity contribution in [2.24, 2.45) is 0 Å². The quantitative estimate of drug-likeness (QED) is 0.0761. The number of carboxylic acid groups (broad SMARTS) is 1. The highest BCUT2D eigenvalue weighted by Crippen LogP contribution is 2.29. The van der Waals surface area contributed by atoms with E-state index < -0.39 is 5.97 Å². The smallest absolute Gasteiger partial charge is 0.335 e. The van der Waals surface area contributed by atoms with Gasteiger partial charge in [0.05, 0.1) is 5.56 Å². The fraction of sp³-hybridized carbons (Fsp3) is 0.415. The lowest BCUT2D eigenvalue weighted by Crippen LogP contribution is -2.37. The van der Waals surface area contributed by atoms with Crippen LogP contribution in [0.25, 0.3) is 21.8 Å². The Morgan fingerprint density at radius 2 is 1.31 bits per heavy atom. The predicted molar refractivity (Wildman–Crippen MR) is 263 cm³/mol. The molecule has 65 heavy (non-hydrogen) atoms. The monoisotopic (exact) mass is 882 g/mol. The number of anilines is 2. The number of ether oxygens (including phenoxy) is 1. The fourth-order valence-electron chi connectivity index (χ4n) is 9.03. The van der Waals surface area contributed by atoms with Gasteiger partial charge in [0.2, 0.25) is 0 Å². The van der Waals surface area contributed by atoms with Crippen molar-refractivity contribution in [2.75, 3.05) is 49.9 Å². The maximum absolute atomic E-state index is 13.1. The standard InChI is InChI=1S/C36H45N5O3.C17H22N2O2/c1-4-29(5-2)38-36(43)39-30-11-14-32(15-12-30)44-34-17-13-31(24-26(34)3)37-35(42)28-10-16-33-27(25-28)18-23-41(33)22-9-21-40-19-7-6-8-20-40;1-13-12-19(10-9-18-7-3-2-4-8-18)16-6-5-14(17(20)21)11-15(13)16/h10-18,23-25,29H,4-9,19-22H2,1-3H3,(H,37,42)(H2,38,39,43);5-6,11-12H,2-4,7-10H2,1H3,(H,20,21). The van der Waals surface area contributed by atoms with Gasteiger partial charge in [-0.2, -0.15) is 0 Å². The molecule has 3 amide bonds. The highest BCUT2D eigenvalue weighted by molar-refractivity contribution is 6.06. The molecule has 2 fully saturated rings. The molecule has 4 aromatic carbocycles. The molecule has 344 valence electrons. The van der Waals surface area contributed by atoms with Crippen LogP contribution >= 0.6 is 0 Å². The van der Waals surface area contributed by atoms with E-state index in [9.17, 15) is 14.4 Å². The van der Waals surface area contributed by atoms with Gasteiger partial charge in [0.15, 0.2) is 0 Å². The third kappa shape index (κ3) is 12.8. The Morgan fingerprint density at radius 3 is 1.98 bits per heavy atom. The molecular weight excluding hydrogens is 815 g/mol. The average Bonchev–Trinajstić information content (AvgIpc) is 3.88. The highest BCUT2D eigenvalue weighted by Gasteiger charge is 2.15. The lowest BCUT2D eigenvalue weighted by molar-refractivity contribution is 0.0696. The zero-order valence-corrected chi connectivity index (χ0v) is 38.7. The molecule has 12 heteroatoms. The second kappa shape index (κ2) is 22.7. The molecule has 4 N–H and O–H groups in total. The molecule has 4 heterocycles. The van der Waals surface area contributed by atoms with Gasteiger partial charge in [-0.25, -0.2) is 9.59 Å². The minimum absolute atomic E-state index is 0.144. The largest absolute Gasteiger partial charge is 0.478 e. The van der Waals surface area contributed by atoms with Crippen molar-refractivity contribution in [1.29, 1.82) is 0 Å². The topological polar surface area (TPSA) is 133 Å². The summed E-state index contributed by atoms with van der Waals surface area (Å²) in [5.74, 6) is 0.340. The number of urea groups is 1. The van der Waals surface area contributed by atoms with Crippen LogP contribution in [0.2, 0.25) is 0 Å². The van der Waals surface area contributed by atoms with Crippen LogP contribution in [0.3, 0.4) is 0 Å². The van der Waals surface area contributed by atoms with Gasteiger partial charge in [-0.3, -0.25) is 4.79 Å². The van der Waals surface area contributed by atoms with E-state index in [0.717, 1.165) is 78.4 Å². The number of piperidine rings is 2. The second-order valence-corrected chi connectivity index (χ2v) is 17.7. The molecular formula is C53H67N7O5. The van der Waals surface area contributed by atoms with Crippen molar-refractivity contribution < 1.29 is 24.2 Å². The summed E-state index contributed by atoms with van der Waals surface area (Å²) >= 11 is 0. The number of carboxylic acids is 1. The number of amides is 3. The number of carbonyl (C=O) groups is 3. The molecule has 0 atom stereocenters. The van der Waals surface area contributed by atoms with Gasteiger partial charge in [0, 0.05) is 76.8 Å². The van der Waals surface area contributed by atoms with Crippen molar-refractivity contribution in [3.8, 4) is 11.5 Å². The van der Waals surface area contributed by atoms with Gasteiger partial charge in [-0.05, 0) is 188 Å². The Labute approximate surface area is 383 Å². The summed E-state index contributed by atoms with van der Waals surface area (Å²) in [5.41, 5.74) is 6.72. The van der Waals surface area contributed by atoms with E-state index in [1.165, 1.54) is 64.7 Å². The van der Waals surface area contributed by atoms with Crippen LogP contribution < -0.4 is 20.7 Å². The molecule has 6 aromatic rings. The summed E-state index contributed by atoms with van der Waals surface area (Å²) in [6, 6.07) is 26.2. The van der Waals surface area contributed by atoms with Gasteiger partial charge in [-0.1, -0.05) is 26.7 Å². The summed E-state index contributed by atoms with van der Waals surface area (Å²) in [4.78, 5) is 41.5. The molecule has 2 aliphatic heterocycles. The average molecular weight is 882 g/mol. The molecule has 2 saturated heterocycles. The molecule has 12 nitrogen and oxygen atoms in total. The van der Waals surface area contributed by atoms with Gasteiger partial charge in [0.1, 0.15) is 11.5 Å². The van der Waals surface area contributed by atoms with Crippen molar-refractivity contribution in [1.82, 2.24) is 24.3 Å². The van der Waals surface area contributed by atoms with Gasteiger partial charge >= 0.3 is 12.0 Å². The molecule has 0 aliphatic carbocycles. The van der Waals surface area contributed by atoms with E-state index in [-0.39, 0.29) is 18.0 Å². The van der Waals surface area contributed by atoms with Crippen LogP contribution in [0.4, 0.5) is 16.2 Å². The van der Waals surface area contributed by atoms with Crippen LogP contribution in [-0.4, -0.2) is 87.3 Å². The van der Waals surface area contributed by atoms with Crippen LogP contribution in [0.15, 0.2) is 97.3 Å². The first-order chi connectivity index (χ1) is 31.6. The Hall–Kier alpha value is -6.11. The number of aromatic carboxylic acids is 1. The Kier molecular flexibility index (Phi) is 16.4. The molecule has 0 radical (unpaired) electrons. The number of nitrogens with one attached hydrogen (secondary N) is 3. The minimum Gasteiger partial charge on any atom is -0.478 e. The number of carbonyl (C=O) groups excluding carboxylic acids is 2. The number of hydrogen-bond acceptors (Lipinski definition) is 6. The molecule has 0 saturated carbocycles. The number of fused-ring (bicyclic) bond motifs is 2. The summed E-state index contributed by atoms with van der Waals surface area (Å²) in [6.07, 6.45) is 15.2. The van der Waals surface area contributed by atoms with Gasteiger partial charge in [-0.15, -0.1) is 0 Å². The number of hydrogen-bond donors (Lipinski definition) is 4. The normalized spacial score (nSPS) is 14.5. The predicted octanol–water partition coefficient (Wildman–Crippen LogP) is 11.3. The van der Waals surface area contributed by atoms with Crippen LogP contribution in [0, 0.1) is 13.8 Å². The lowest BCUT2D eigenvalue weighted by Gasteiger charge is -2.26. The first-order valence-electron chi connectivity index (χ1n) is 23.7. The van der Waals surface area contributed by atoms with Crippen LogP contribution in [-0.2, 0) is 13.1 Å². The molecule has 0 unspecified atom stereocenters. The van der Waals surface area contributed by atoms with E-state index in [1.54, 1.807) is 12.1 Å². The zero-order chi connectivity index (χ0) is 45.7. The number of benzene rings is 4. The van der Waals surface area contributed by atoms with Crippen molar-refractivity contribution >= 4 is 51.1 Å². The number of aryl methyl sites for hydroxylation is 3. The molecule has 8 rings (SSSR count). The van der Waals surface area contributed by atoms with Crippen LogP contribution in [0.5, 0.6) is 11.5 Å². The number of nitrogens with zero attached hydrogens (tertiary/aromatic N) is 4. The fourth-order valence-corrected chi connectivity index (χ4v) is 9.03. The van der Waals surface area contributed by atoms with Gasteiger partial charge in [0.25, 0.3) is 5.91 Å². The third-order valence-electron chi connectivity index (χ3n) is 12.9. The molecule has 0 spiro atoms. The van der Waals surface area contributed by atoms with E-state index in [1.807, 2.05) is 80.6 Å². The number of likely N-dealkylation sites (tertiary alicyclic amines) is 2.